The Bertz CT molecular complexity index is 647. The Morgan fingerprint density at radius 1 is 0.759 bits per heavy atom. The van der Waals surface area contributed by atoms with Crippen LogP contribution in [-0.4, -0.2) is 24.0 Å². The van der Waals surface area contributed by atoms with Gasteiger partial charge < -0.3 is 21.1 Å². The average molecular weight is 463 g/mol. The first-order valence-electron chi connectivity index (χ1n) is 9.53. The maximum absolute atomic E-state index is 12.8. The Hall–Kier alpha value is -0.880. The van der Waals surface area contributed by atoms with Crippen LogP contribution in [0.5, 0.6) is 11.5 Å². The molecule has 164 valence electrons. The molecule has 0 saturated heterocycles. The predicted molar refractivity (Wildman–Crippen MR) is 101 cm³/mol. The molecule has 0 heterocycles. The zero-order chi connectivity index (χ0) is 21.3. The molecular weight excluding hydrogens is 441 g/mol. The van der Waals surface area contributed by atoms with Gasteiger partial charge in [0.25, 0.3) is 0 Å². The van der Waals surface area contributed by atoms with Crippen LogP contribution in [0.2, 0.25) is 0 Å². The number of benzene rings is 1. The van der Waals surface area contributed by atoms with E-state index in [1.54, 1.807) is 5.62 Å². The first-order chi connectivity index (χ1) is 13.5. The van der Waals surface area contributed by atoms with Crippen LogP contribution in [0.4, 0.5) is 26.3 Å². The molecule has 0 N–H and O–H groups in total. The lowest BCUT2D eigenvalue weighted by Gasteiger charge is -2.44. The van der Waals surface area contributed by atoms with Crippen molar-refractivity contribution in [3.8, 4) is 11.5 Å². The van der Waals surface area contributed by atoms with Crippen molar-refractivity contribution in [2.24, 2.45) is 0 Å². The van der Waals surface area contributed by atoms with Gasteiger partial charge in [0.15, 0.2) is 0 Å². The topological polar surface area (TPSA) is 18.5 Å². The van der Waals surface area contributed by atoms with E-state index < -0.39 is 31.5 Å². The molecule has 0 aromatic heterocycles. The van der Waals surface area contributed by atoms with E-state index in [1.807, 2.05) is 0 Å². The molecule has 0 unspecified atom stereocenters. The lowest BCUT2D eigenvalue weighted by molar-refractivity contribution is -0.276. The van der Waals surface area contributed by atoms with Crippen molar-refractivity contribution < 1.29 is 35.8 Å². The minimum absolute atomic E-state index is 0.156. The minimum atomic E-state index is -5.03. The van der Waals surface area contributed by atoms with Crippen molar-refractivity contribution >= 4 is 24.2 Å². The van der Waals surface area contributed by atoms with E-state index in [2.05, 4.69) is 9.47 Å². The third-order valence-electron chi connectivity index (χ3n) is 5.80. The van der Waals surface area contributed by atoms with Crippen molar-refractivity contribution in [3.05, 3.63) is 23.8 Å². The molecule has 2 aliphatic rings. The summed E-state index contributed by atoms with van der Waals surface area (Å²) in [7, 11) is -2.36. The largest absolute Gasteiger partial charge is 0.573 e. The molecule has 0 bridgehead atoms. The molecule has 0 spiro atoms. The van der Waals surface area contributed by atoms with Crippen LogP contribution in [0.25, 0.3) is 0 Å². The van der Waals surface area contributed by atoms with E-state index in [9.17, 15) is 26.3 Å². The zero-order valence-corrected chi connectivity index (χ0v) is 17.2. The maximum Gasteiger partial charge on any atom is 0.573 e. The van der Waals surface area contributed by atoms with Gasteiger partial charge in [-0.15, -0.1) is 26.3 Å². The van der Waals surface area contributed by atoms with Crippen LogP contribution >= 0.6 is 18.9 Å². The highest BCUT2D eigenvalue weighted by atomic mass is 35.5. The zero-order valence-electron chi connectivity index (χ0n) is 15.5. The van der Waals surface area contributed by atoms with Crippen LogP contribution in [0.3, 0.4) is 0 Å². The van der Waals surface area contributed by atoms with E-state index in [0.29, 0.717) is 11.4 Å². The van der Waals surface area contributed by atoms with Gasteiger partial charge in [0.05, 0.1) is 5.30 Å². The van der Waals surface area contributed by atoms with E-state index in [1.165, 1.54) is 12.1 Å². The van der Waals surface area contributed by atoms with Gasteiger partial charge in [-0.1, -0.05) is 12.9 Å². The molecule has 0 radical (unpaired) electrons. The molecule has 1 aromatic carbocycles. The van der Waals surface area contributed by atoms with Crippen LogP contribution in [0.15, 0.2) is 18.2 Å². The molecule has 2 aliphatic carbocycles. The summed E-state index contributed by atoms with van der Waals surface area (Å²) in [5.41, 5.74) is 1.88. The Morgan fingerprint density at radius 2 is 1.14 bits per heavy atom. The second-order valence-electron chi connectivity index (χ2n) is 7.57. The maximum atomic E-state index is 12.8. The minimum Gasteiger partial charge on any atom is -0.405 e. The van der Waals surface area contributed by atoms with E-state index in [-0.39, 0.29) is 11.3 Å². The molecule has 2 saturated carbocycles. The molecule has 2 nitrogen and oxygen atoms in total. The highest BCUT2D eigenvalue weighted by molar-refractivity contribution is 7.87. The summed E-state index contributed by atoms with van der Waals surface area (Å²) in [5, 5.41) is 0.396. The molecular formula is C19H22ClF6O2P. The average Bonchev–Trinajstić information content (AvgIpc) is 3.27. The monoisotopic (exact) mass is 462 g/mol. The van der Waals surface area contributed by atoms with Crippen molar-refractivity contribution in [1.82, 2.24) is 0 Å². The first-order valence-corrected chi connectivity index (χ1v) is 12.0. The summed E-state index contributed by atoms with van der Waals surface area (Å²) < 4.78 is 84.8. The number of ether oxygens (including phenoxy) is 2. The Kier molecular flexibility index (Phi) is 6.84. The van der Waals surface area contributed by atoms with Gasteiger partial charge in [-0.2, -0.15) is 0 Å². The SMILES string of the molecule is FC(F)(F)Oc1cc(OC(F)(F)F)cc([P+]([CH-]Cl)(C2CCCC2)C2CCCC2)c1. The number of hydrogen-bond acceptors (Lipinski definition) is 2. The molecule has 1 aromatic rings. The number of alkyl halides is 6. The molecule has 0 atom stereocenters. The van der Waals surface area contributed by atoms with Crippen LogP contribution in [-0.2, 0) is 0 Å². The fourth-order valence-corrected chi connectivity index (χ4v) is 11.1. The van der Waals surface area contributed by atoms with Gasteiger partial charge in [-0.05, 0) is 51.4 Å². The van der Waals surface area contributed by atoms with Crippen molar-refractivity contribution in [2.45, 2.75) is 75.4 Å². The van der Waals surface area contributed by atoms with Crippen molar-refractivity contribution in [2.75, 3.05) is 0 Å². The standard InChI is InChI=1S/C19H22ClF6O2P/c20-12-29(15-5-1-2-6-15,16-7-3-4-8-16)17-10-13(27-18(21,22)23)9-14(11-17)28-19(24,25)26/h9-12,15-16H,1-8H2. The van der Waals surface area contributed by atoms with E-state index in [0.717, 1.165) is 51.4 Å². The third-order valence-corrected chi connectivity index (χ3v) is 11.7. The second kappa shape index (κ2) is 8.70. The fraction of sp³-hybridized carbons (Fsp3) is 0.632. The molecule has 0 amide bonds. The highest BCUT2D eigenvalue weighted by Gasteiger charge is 2.49. The molecule has 0 aliphatic heterocycles. The molecule has 2 fully saturated rings. The third kappa shape index (κ3) is 5.43. The van der Waals surface area contributed by atoms with Gasteiger partial charge in [0.2, 0.25) is 0 Å². The van der Waals surface area contributed by atoms with E-state index >= 15 is 0 Å². The summed E-state index contributed by atoms with van der Waals surface area (Å²) in [6, 6.07) is 3.04. The summed E-state index contributed by atoms with van der Waals surface area (Å²) in [5.74, 6) is -1.43. The van der Waals surface area contributed by atoms with Gasteiger partial charge in [0.1, 0.15) is 11.5 Å². The van der Waals surface area contributed by atoms with Crippen molar-refractivity contribution in [1.29, 1.82) is 0 Å². The summed E-state index contributed by atoms with van der Waals surface area (Å²) in [6.07, 6.45) is -2.66. The van der Waals surface area contributed by atoms with Gasteiger partial charge >= 0.3 is 12.7 Å². The molecule has 3 rings (SSSR count). The molecule has 29 heavy (non-hydrogen) atoms. The highest BCUT2D eigenvalue weighted by Crippen LogP contribution is 2.75. The number of halogens is 7. The summed E-state index contributed by atoms with van der Waals surface area (Å²) >= 11 is 6.39. The van der Waals surface area contributed by atoms with Crippen LogP contribution in [0, 0.1) is 5.62 Å². The lowest BCUT2D eigenvalue weighted by atomic mass is 10.3. The van der Waals surface area contributed by atoms with E-state index in [4.69, 9.17) is 11.6 Å². The van der Waals surface area contributed by atoms with Gasteiger partial charge in [-0.3, -0.25) is 0 Å². The smallest absolute Gasteiger partial charge is 0.405 e. The predicted octanol–water partition coefficient (Wildman–Crippen LogP) is 7.37. The number of hydrogen-bond donors (Lipinski definition) is 0. The van der Waals surface area contributed by atoms with Gasteiger partial charge in [-0.25, -0.2) is 0 Å². The fourth-order valence-electron chi connectivity index (χ4n) is 4.76. The van der Waals surface area contributed by atoms with Gasteiger partial charge in [0, 0.05) is 29.5 Å². The normalized spacial score (nSPS) is 19.7. The second-order valence-corrected chi connectivity index (χ2v) is 12.0. The number of rotatable bonds is 6. The quantitative estimate of drug-likeness (QED) is 0.249. The Balaban J connectivity index is 2.11. The molecule has 10 heteroatoms. The first kappa shape index (κ1) is 22.8. The Labute approximate surface area is 171 Å². The lowest BCUT2D eigenvalue weighted by Crippen LogP contribution is -2.30. The summed E-state index contributed by atoms with van der Waals surface area (Å²) in [6.45, 7) is 0. The van der Waals surface area contributed by atoms with Crippen molar-refractivity contribution in [3.63, 3.8) is 0 Å². The Morgan fingerprint density at radius 3 is 1.45 bits per heavy atom. The van der Waals surface area contributed by atoms with Crippen LogP contribution in [0.1, 0.15) is 51.4 Å². The summed E-state index contributed by atoms with van der Waals surface area (Å²) in [4.78, 5) is 0. The van der Waals surface area contributed by atoms with Crippen LogP contribution < -0.4 is 14.8 Å².